The molecule has 0 saturated heterocycles. The SMILES string of the molecule is O=C(O)c1cc2c(nc1NC1CC1)CCN(Cc1ccco1)CC2. The number of hydrogen-bond donors (Lipinski definition) is 2. The average Bonchev–Trinajstić information content (AvgIpc) is 3.27. The van der Waals surface area contributed by atoms with Crippen LogP contribution in [0.15, 0.2) is 28.9 Å². The second-order valence-corrected chi connectivity index (χ2v) is 6.57. The lowest BCUT2D eigenvalue weighted by atomic mass is 10.1. The van der Waals surface area contributed by atoms with Gasteiger partial charge >= 0.3 is 5.97 Å². The number of aromatic carboxylic acids is 1. The number of carboxylic acid groups (broad SMARTS) is 1. The molecule has 0 bridgehead atoms. The Morgan fingerprint density at radius 2 is 2.21 bits per heavy atom. The van der Waals surface area contributed by atoms with Gasteiger partial charge in [0.15, 0.2) is 0 Å². The second-order valence-electron chi connectivity index (χ2n) is 6.57. The van der Waals surface area contributed by atoms with Crippen molar-refractivity contribution in [1.82, 2.24) is 9.88 Å². The van der Waals surface area contributed by atoms with Crippen LogP contribution in [0.1, 0.15) is 40.2 Å². The zero-order valence-corrected chi connectivity index (χ0v) is 13.5. The minimum absolute atomic E-state index is 0.292. The number of furan rings is 1. The Balaban J connectivity index is 1.54. The lowest BCUT2D eigenvalue weighted by Crippen LogP contribution is -2.25. The van der Waals surface area contributed by atoms with Crippen LogP contribution in [0.25, 0.3) is 0 Å². The van der Waals surface area contributed by atoms with E-state index in [-0.39, 0.29) is 0 Å². The summed E-state index contributed by atoms with van der Waals surface area (Å²) in [4.78, 5) is 18.6. The summed E-state index contributed by atoms with van der Waals surface area (Å²) in [5.41, 5.74) is 2.36. The molecule has 0 aromatic carbocycles. The van der Waals surface area contributed by atoms with Crippen molar-refractivity contribution in [2.75, 3.05) is 18.4 Å². The molecular weight excluding hydrogens is 306 g/mol. The number of carbonyl (C=O) groups is 1. The summed E-state index contributed by atoms with van der Waals surface area (Å²) in [6.45, 7) is 2.56. The first-order chi connectivity index (χ1) is 11.7. The molecular formula is C18H21N3O3. The van der Waals surface area contributed by atoms with Gasteiger partial charge in [0.2, 0.25) is 0 Å². The number of rotatable bonds is 5. The van der Waals surface area contributed by atoms with Crippen molar-refractivity contribution in [3.63, 3.8) is 0 Å². The van der Waals surface area contributed by atoms with Crippen molar-refractivity contribution in [1.29, 1.82) is 0 Å². The van der Waals surface area contributed by atoms with Gasteiger partial charge in [0.25, 0.3) is 0 Å². The van der Waals surface area contributed by atoms with Crippen molar-refractivity contribution in [2.24, 2.45) is 0 Å². The smallest absolute Gasteiger partial charge is 0.339 e. The molecule has 3 heterocycles. The van der Waals surface area contributed by atoms with Crippen LogP contribution in [0.5, 0.6) is 0 Å². The molecule has 24 heavy (non-hydrogen) atoms. The van der Waals surface area contributed by atoms with E-state index >= 15 is 0 Å². The third-order valence-electron chi connectivity index (χ3n) is 4.66. The zero-order chi connectivity index (χ0) is 16.5. The number of aromatic nitrogens is 1. The number of nitrogens with one attached hydrogen (secondary N) is 1. The fraction of sp³-hybridized carbons (Fsp3) is 0.444. The van der Waals surface area contributed by atoms with Gasteiger partial charge in [-0.25, -0.2) is 9.78 Å². The van der Waals surface area contributed by atoms with Gasteiger partial charge in [-0.15, -0.1) is 0 Å². The van der Waals surface area contributed by atoms with E-state index in [1.807, 2.05) is 18.2 Å². The summed E-state index contributed by atoms with van der Waals surface area (Å²) in [6, 6.07) is 6.08. The Labute approximate surface area is 140 Å². The van der Waals surface area contributed by atoms with Gasteiger partial charge in [-0.3, -0.25) is 4.90 Å². The molecule has 1 aliphatic heterocycles. The molecule has 2 aliphatic rings. The van der Waals surface area contributed by atoms with Crippen molar-refractivity contribution in [3.8, 4) is 0 Å². The summed E-state index contributed by atoms with van der Waals surface area (Å²) in [5.74, 6) is 0.574. The number of pyridine rings is 1. The van der Waals surface area contributed by atoms with E-state index < -0.39 is 5.97 Å². The molecule has 0 amide bonds. The zero-order valence-electron chi connectivity index (χ0n) is 13.5. The fourth-order valence-corrected chi connectivity index (χ4v) is 3.16. The monoisotopic (exact) mass is 327 g/mol. The molecule has 6 nitrogen and oxygen atoms in total. The van der Waals surface area contributed by atoms with Crippen molar-refractivity contribution in [3.05, 3.63) is 47.0 Å². The normalized spacial score (nSPS) is 18.0. The topological polar surface area (TPSA) is 78.6 Å². The predicted octanol–water partition coefficient (Wildman–Crippen LogP) is 2.55. The molecule has 0 spiro atoms. The number of fused-ring (bicyclic) bond motifs is 1. The molecule has 0 unspecified atom stereocenters. The summed E-state index contributed by atoms with van der Waals surface area (Å²) in [7, 11) is 0. The molecule has 2 N–H and O–H groups in total. The number of nitrogens with zero attached hydrogens (tertiary/aromatic N) is 2. The Kier molecular flexibility index (Phi) is 3.98. The third-order valence-corrected chi connectivity index (χ3v) is 4.66. The highest BCUT2D eigenvalue weighted by Gasteiger charge is 2.26. The van der Waals surface area contributed by atoms with Crippen LogP contribution in [0.4, 0.5) is 5.82 Å². The van der Waals surface area contributed by atoms with Crippen LogP contribution < -0.4 is 5.32 Å². The quantitative estimate of drug-likeness (QED) is 0.879. The second kappa shape index (κ2) is 6.28. The third kappa shape index (κ3) is 3.28. The van der Waals surface area contributed by atoms with E-state index in [2.05, 4.69) is 15.2 Å². The van der Waals surface area contributed by atoms with E-state index in [1.165, 1.54) is 0 Å². The Morgan fingerprint density at radius 1 is 1.38 bits per heavy atom. The molecule has 1 saturated carbocycles. The summed E-state index contributed by atoms with van der Waals surface area (Å²) in [5, 5.41) is 12.8. The number of hydrogen-bond acceptors (Lipinski definition) is 5. The molecule has 2 aromatic rings. The van der Waals surface area contributed by atoms with Crippen LogP contribution in [0, 0.1) is 0 Å². The van der Waals surface area contributed by atoms with Gasteiger partial charge < -0.3 is 14.8 Å². The van der Waals surface area contributed by atoms with E-state index in [9.17, 15) is 9.90 Å². The van der Waals surface area contributed by atoms with Crippen LogP contribution in [0.3, 0.4) is 0 Å². The molecule has 2 aromatic heterocycles. The molecule has 4 rings (SSSR count). The highest BCUT2D eigenvalue weighted by molar-refractivity contribution is 5.93. The highest BCUT2D eigenvalue weighted by Crippen LogP contribution is 2.28. The Hall–Kier alpha value is -2.34. The molecule has 0 radical (unpaired) electrons. The first-order valence-corrected chi connectivity index (χ1v) is 8.46. The Bertz CT molecular complexity index is 738. The summed E-state index contributed by atoms with van der Waals surface area (Å²) < 4.78 is 5.43. The first-order valence-electron chi connectivity index (χ1n) is 8.46. The minimum Gasteiger partial charge on any atom is -0.478 e. The largest absolute Gasteiger partial charge is 0.478 e. The molecule has 1 fully saturated rings. The van der Waals surface area contributed by atoms with Gasteiger partial charge in [0, 0.05) is 31.2 Å². The molecule has 1 aliphatic carbocycles. The fourth-order valence-electron chi connectivity index (χ4n) is 3.16. The minimum atomic E-state index is -0.912. The van der Waals surface area contributed by atoms with Gasteiger partial charge in [0.05, 0.1) is 12.8 Å². The lowest BCUT2D eigenvalue weighted by Gasteiger charge is -2.17. The van der Waals surface area contributed by atoms with Crippen LogP contribution in [-0.4, -0.2) is 40.1 Å². The first kappa shape index (κ1) is 15.2. The van der Waals surface area contributed by atoms with Crippen molar-refractivity contribution >= 4 is 11.8 Å². The van der Waals surface area contributed by atoms with Crippen LogP contribution >= 0.6 is 0 Å². The van der Waals surface area contributed by atoms with E-state index in [0.717, 1.165) is 62.3 Å². The number of carboxylic acids is 1. The standard InChI is InChI=1S/C18H21N3O3/c22-18(23)15-10-12-5-7-21(11-14-2-1-9-24-14)8-6-16(12)20-17(15)19-13-3-4-13/h1-2,9-10,13H,3-8,11H2,(H,19,20)(H,22,23). The van der Waals surface area contributed by atoms with E-state index in [0.29, 0.717) is 17.4 Å². The predicted molar refractivity (Wildman–Crippen MR) is 89.2 cm³/mol. The lowest BCUT2D eigenvalue weighted by molar-refractivity contribution is 0.0697. The maximum atomic E-state index is 11.6. The summed E-state index contributed by atoms with van der Waals surface area (Å²) >= 11 is 0. The molecule has 126 valence electrons. The van der Waals surface area contributed by atoms with Crippen LogP contribution in [-0.2, 0) is 19.4 Å². The van der Waals surface area contributed by atoms with Gasteiger partial charge in [-0.2, -0.15) is 0 Å². The van der Waals surface area contributed by atoms with Crippen LogP contribution in [0.2, 0.25) is 0 Å². The highest BCUT2D eigenvalue weighted by atomic mass is 16.4. The van der Waals surface area contributed by atoms with Gasteiger partial charge in [0.1, 0.15) is 17.1 Å². The molecule has 6 heteroatoms. The van der Waals surface area contributed by atoms with Gasteiger partial charge in [-0.05, 0) is 43.0 Å². The molecule has 0 atom stereocenters. The average molecular weight is 327 g/mol. The van der Waals surface area contributed by atoms with E-state index in [4.69, 9.17) is 4.42 Å². The van der Waals surface area contributed by atoms with E-state index in [1.54, 1.807) is 6.26 Å². The Morgan fingerprint density at radius 3 is 2.92 bits per heavy atom. The summed E-state index contributed by atoms with van der Waals surface area (Å²) in [6.07, 6.45) is 5.52. The maximum Gasteiger partial charge on any atom is 0.339 e. The van der Waals surface area contributed by atoms with Gasteiger partial charge in [-0.1, -0.05) is 0 Å². The van der Waals surface area contributed by atoms with Crippen molar-refractivity contribution in [2.45, 2.75) is 38.3 Å². The van der Waals surface area contributed by atoms with Crippen molar-refractivity contribution < 1.29 is 14.3 Å². The maximum absolute atomic E-state index is 11.6. The number of anilines is 1.